The van der Waals surface area contributed by atoms with E-state index >= 15 is 0 Å². The van der Waals surface area contributed by atoms with Gasteiger partial charge in [0.2, 0.25) is 5.91 Å². The van der Waals surface area contributed by atoms with Gasteiger partial charge >= 0.3 is 5.97 Å². The summed E-state index contributed by atoms with van der Waals surface area (Å²) in [4.78, 5) is 26.8. The summed E-state index contributed by atoms with van der Waals surface area (Å²) < 4.78 is 5.46. The molecule has 0 fully saturated rings. The average Bonchev–Trinajstić information content (AvgIpc) is 2.53. The van der Waals surface area contributed by atoms with Gasteiger partial charge in [-0.05, 0) is 31.4 Å². The fourth-order valence-corrected chi connectivity index (χ4v) is 3.29. The summed E-state index contributed by atoms with van der Waals surface area (Å²) in [6.07, 6.45) is 0.223. The van der Waals surface area contributed by atoms with Crippen molar-refractivity contribution >= 4 is 23.5 Å². The Morgan fingerprint density at radius 1 is 1.38 bits per heavy atom. The molecule has 0 N–H and O–H groups in total. The Balaban J connectivity index is 2.47. The van der Waals surface area contributed by atoms with Gasteiger partial charge < -0.3 is 9.64 Å². The van der Waals surface area contributed by atoms with Crippen molar-refractivity contribution in [1.82, 2.24) is 4.90 Å². The van der Waals surface area contributed by atoms with Crippen molar-refractivity contribution in [2.45, 2.75) is 40.0 Å². The van der Waals surface area contributed by atoms with Gasteiger partial charge in [-0.25, -0.2) is 4.79 Å². The molecule has 0 radical (unpaired) electrons. The van der Waals surface area contributed by atoms with Gasteiger partial charge in [0.1, 0.15) is 0 Å². The van der Waals surface area contributed by atoms with Crippen molar-refractivity contribution in [2.75, 3.05) is 13.2 Å². The highest BCUT2D eigenvalue weighted by atomic mass is 35.5. The molecule has 2 rings (SSSR count). The Kier molecular flexibility index (Phi) is 6.05. The molecule has 0 saturated heterocycles. The highest BCUT2D eigenvalue weighted by Gasteiger charge is 2.37. The minimum atomic E-state index is -0.367. The molecule has 24 heavy (non-hydrogen) atoms. The molecular formula is C19H24ClNO3. The summed E-state index contributed by atoms with van der Waals surface area (Å²) in [5, 5.41) is 0.558. The number of esters is 1. The van der Waals surface area contributed by atoms with Gasteiger partial charge in [0, 0.05) is 29.6 Å². The number of hydrogen-bond acceptors (Lipinski definition) is 3. The molecule has 1 aromatic carbocycles. The summed E-state index contributed by atoms with van der Waals surface area (Å²) in [7, 11) is 0. The predicted octanol–water partition coefficient (Wildman–Crippen LogP) is 4.15. The van der Waals surface area contributed by atoms with Gasteiger partial charge in [-0.3, -0.25) is 4.79 Å². The minimum absolute atomic E-state index is 0.000305. The smallest absolute Gasteiger partial charge is 0.336 e. The maximum Gasteiger partial charge on any atom is 0.336 e. The van der Waals surface area contributed by atoms with E-state index < -0.39 is 0 Å². The number of benzene rings is 1. The second-order valence-corrected chi connectivity index (χ2v) is 6.81. The number of allylic oxidation sites excluding steroid dienone is 1. The van der Waals surface area contributed by atoms with E-state index in [4.69, 9.17) is 16.3 Å². The topological polar surface area (TPSA) is 46.6 Å². The molecule has 0 spiro atoms. The third-order valence-electron chi connectivity index (χ3n) is 4.19. The Morgan fingerprint density at radius 3 is 2.62 bits per heavy atom. The van der Waals surface area contributed by atoms with Crippen molar-refractivity contribution < 1.29 is 14.3 Å². The normalized spacial score (nSPS) is 18.3. The molecule has 1 aliphatic rings. The molecule has 1 atom stereocenters. The number of nitrogens with zero attached hydrogens (tertiary/aromatic N) is 1. The van der Waals surface area contributed by atoms with Crippen LogP contribution in [0.5, 0.6) is 0 Å². The molecule has 1 heterocycles. The van der Waals surface area contributed by atoms with Crippen LogP contribution in [0.1, 0.15) is 45.6 Å². The quantitative estimate of drug-likeness (QED) is 0.750. The zero-order valence-corrected chi connectivity index (χ0v) is 15.4. The van der Waals surface area contributed by atoms with E-state index in [2.05, 4.69) is 0 Å². The summed E-state index contributed by atoms with van der Waals surface area (Å²) in [5.74, 6) is -0.479. The van der Waals surface area contributed by atoms with E-state index in [0.29, 0.717) is 29.4 Å². The fraction of sp³-hybridized carbons (Fsp3) is 0.474. The van der Waals surface area contributed by atoms with Gasteiger partial charge in [0.05, 0.1) is 12.2 Å². The summed E-state index contributed by atoms with van der Waals surface area (Å²) in [6, 6.07) is 7.34. The van der Waals surface area contributed by atoms with Gasteiger partial charge in [-0.2, -0.15) is 0 Å². The minimum Gasteiger partial charge on any atom is -0.462 e. The van der Waals surface area contributed by atoms with Crippen molar-refractivity contribution in [3.63, 3.8) is 0 Å². The first-order chi connectivity index (χ1) is 11.4. The number of carbonyl (C=O) groups excluding carboxylic acids is 2. The highest BCUT2D eigenvalue weighted by Crippen LogP contribution is 2.39. The Labute approximate surface area is 148 Å². The summed E-state index contributed by atoms with van der Waals surface area (Å²) >= 11 is 6.32. The number of halogens is 1. The zero-order valence-electron chi connectivity index (χ0n) is 14.6. The standard InChI is InChI=1S/C19H24ClNO3/c1-5-21-13(4)18(19(23)24-11-12(2)3)15(10-17(21)22)14-8-6-7-9-16(14)20/h6-9,12,15H,5,10-11H2,1-4H3/t15-/m0/s1. The lowest BCUT2D eigenvalue weighted by Crippen LogP contribution is -2.38. The Morgan fingerprint density at radius 2 is 2.04 bits per heavy atom. The van der Waals surface area contributed by atoms with E-state index in [1.807, 2.05) is 39.0 Å². The Bertz CT molecular complexity index is 666. The molecule has 0 aromatic heterocycles. The molecule has 0 unspecified atom stereocenters. The molecular weight excluding hydrogens is 326 g/mol. The van der Waals surface area contributed by atoms with Gasteiger partial charge in [-0.1, -0.05) is 43.6 Å². The number of amides is 1. The monoisotopic (exact) mass is 349 g/mol. The molecule has 1 aromatic rings. The second-order valence-electron chi connectivity index (χ2n) is 6.41. The first-order valence-corrected chi connectivity index (χ1v) is 8.67. The summed E-state index contributed by atoms with van der Waals surface area (Å²) in [5.41, 5.74) is 1.98. The molecule has 1 aliphatic heterocycles. The van der Waals surface area contributed by atoms with Crippen molar-refractivity contribution in [1.29, 1.82) is 0 Å². The third-order valence-corrected chi connectivity index (χ3v) is 4.53. The zero-order chi connectivity index (χ0) is 17.9. The van der Waals surface area contributed by atoms with Crippen LogP contribution in [0.25, 0.3) is 0 Å². The van der Waals surface area contributed by atoms with Crippen LogP contribution in [0, 0.1) is 5.92 Å². The van der Waals surface area contributed by atoms with Crippen molar-refractivity contribution in [3.8, 4) is 0 Å². The van der Waals surface area contributed by atoms with E-state index in [9.17, 15) is 9.59 Å². The van der Waals surface area contributed by atoms with Crippen molar-refractivity contribution in [2.24, 2.45) is 5.92 Å². The van der Waals surface area contributed by atoms with Crippen LogP contribution in [0.4, 0.5) is 0 Å². The predicted molar refractivity (Wildman–Crippen MR) is 94.7 cm³/mol. The molecule has 0 bridgehead atoms. The molecule has 130 valence electrons. The lowest BCUT2D eigenvalue weighted by Gasteiger charge is -2.34. The maximum absolute atomic E-state index is 12.7. The van der Waals surface area contributed by atoms with Gasteiger partial charge in [0.25, 0.3) is 0 Å². The molecule has 0 saturated carbocycles. The van der Waals surface area contributed by atoms with Gasteiger partial charge in [0.15, 0.2) is 0 Å². The van der Waals surface area contributed by atoms with Crippen LogP contribution in [-0.2, 0) is 14.3 Å². The van der Waals surface area contributed by atoms with Crippen LogP contribution in [0.2, 0.25) is 5.02 Å². The van der Waals surface area contributed by atoms with E-state index in [-0.39, 0.29) is 30.1 Å². The average molecular weight is 350 g/mol. The fourth-order valence-electron chi connectivity index (χ4n) is 3.02. The lowest BCUT2D eigenvalue weighted by molar-refractivity contribution is -0.141. The summed E-state index contributed by atoms with van der Waals surface area (Å²) in [6.45, 7) is 8.56. The van der Waals surface area contributed by atoms with E-state index in [1.165, 1.54) is 0 Å². The van der Waals surface area contributed by atoms with Crippen LogP contribution in [0.3, 0.4) is 0 Å². The maximum atomic E-state index is 12.7. The highest BCUT2D eigenvalue weighted by molar-refractivity contribution is 6.31. The molecule has 5 heteroatoms. The van der Waals surface area contributed by atoms with Crippen LogP contribution in [0.15, 0.2) is 35.5 Å². The first-order valence-electron chi connectivity index (χ1n) is 8.29. The van der Waals surface area contributed by atoms with Crippen LogP contribution in [-0.4, -0.2) is 29.9 Å². The van der Waals surface area contributed by atoms with Crippen molar-refractivity contribution in [3.05, 3.63) is 46.1 Å². The SMILES string of the molecule is CCN1C(=O)C[C@@H](c2ccccc2Cl)C(C(=O)OCC(C)C)=C1C. The molecule has 0 aliphatic carbocycles. The molecule has 4 nitrogen and oxygen atoms in total. The third kappa shape index (κ3) is 3.81. The number of rotatable bonds is 5. The van der Waals surface area contributed by atoms with Gasteiger partial charge in [-0.15, -0.1) is 0 Å². The van der Waals surface area contributed by atoms with Crippen LogP contribution >= 0.6 is 11.6 Å². The largest absolute Gasteiger partial charge is 0.462 e. The number of carbonyl (C=O) groups is 2. The first kappa shape index (κ1) is 18.5. The Hall–Kier alpha value is -1.81. The number of ether oxygens (including phenoxy) is 1. The number of hydrogen-bond donors (Lipinski definition) is 0. The van der Waals surface area contributed by atoms with Crippen LogP contribution < -0.4 is 0 Å². The van der Waals surface area contributed by atoms with E-state index in [1.54, 1.807) is 17.9 Å². The lowest BCUT2D eigenvalue weighted by atomic mass is 9.83. The molecule has 1 amide bonds. The second kappa shape index (κ2) is 7.84. The van der Waals surface area contributed by atoms with E-state index in [0.717, 1.165) is 5.56 Å².